The van der Waals surface area contributed by atoms with Crippen LogP contribution in [0.15, 0.2) is 24.3 Å². The molecular weight excluding hydrogens is 257 g/mol. The van der Waals surface area contributed by atoms with E-state index in [9.17, 15) is 4.39 Å². The van der Waals surface area contributed by atoms with Crippen molar-refractivity contribution in [1.29, 1.82) is 0 Å². The molecule has 0 aliphatic rings. The number of alkyl halides is 1. The van der Waals surface area contributed by atoms with Gasteiger partial charge in [0.1, 0.15) is 5.82 Å². The van der Waals surface area contributed by atoms with Gasteiger partial charge >= 0.3 is 0 Å². The molecule has 0 aromatic heterocycles. The number of rotatable bonds is 6. The fraction of sp³-hybridized carbons (Fsp3) is 0.500. The van der Waals surface area contributed by atoms with Gasteiger partial charge in [0.2, 0.25) is 0 Å². The SMILES string of the molecule is CCC(Br)CCNCc1cccc(F)c1. The second-order valence-corrected chi connectivity index (χ2v) is 4.90. The number of nitrogens with one attached hydrogen (secondary N) is 1. The molecule has 0 fully saturated rings. The van der Waals surface area contributed by atoms with Crippen molar-refractivity contribution in [3.8, 4) is 0 Å². The first-order valence-electron chi connectivity index (χ1n) is 5.31. The molecule has 0 saturated heterocycles. The van der Waals surface area contributed by atoms with Crippen molar-refractivity contribution in [2.75, 3.05) is 6.54 Å². The predicted octanol–water partition coefficient (Wildman–Crippen LogP) is 3.48. The molecule has 0 aliphatic carbocycles. The van der Waals surface area contributed by atoms with Crippen LogP contribution in [0.3, 0.4) is 0 Å². The van der Waals surface area contributed by atoms with Crippen LogP contribution in [0.5, 0.6) is 0 Å². The Labute approximate surface area is 99.2 Å². The summed E-state index contributed by atoms with van der Waals surface area (Å²) >= 11 is 3.57. The van der Waals surface area contributed by atoms with Gasteiger partial charge in [0.15, 0.2) is 0 Å². The third kappa shape index (κ3) is 5.28. The monoisotopic (exact) mass is 273 g/mol. The zero-order valence-electron chi connectivity index (χ0n) is 8.97. The van der Waals surface area contributed by atoms with Crippen LogP contribution >= 0.6 is 15.9 Å². The van der Waals surface area contributed by atoms with Crippen LogP contribution in [0.25, 0.3) is 0 Å². The summed E-state index contributed by atoms with van der Waals surface area (Å²) in [6, 6.07) is 6.71. The number of hydrogen-bond acceptors (Lipinski definition) is 1. The minimum absolute atomic E-state index is 0.166. The smallest absolute Gasteiger partial charge is 0.123 e. The van der Waals surface area contributed by atoms with E-state index in [0.717, 1.165) is 31.5 Å². The van der Waals surface area contributed by atoms with Gasteiger partial charge in [-0.3, -0.25) is 0 Å². The number of hydrogen-bond donors (Lipinski definition) is 1. The summed E-state index contributed by atoms with van der Waals surface area (Å²) in [5.74, 6) is -0.166. The van der Waals surface area contributed by atoms with Crippen LogP contribution in [0.1, 0.15) is 25.3 Å². The summed E-state index contributed by atoms with van der Waals surface area (Å²) in [5.41, 5.74) is 0.998. The van der Waals surface area contributed by atoms with Crippen LogP contribution in [-0.2, 0) is 6.54 Å². The second kappa shape index (κ2) is 6.96. The van der Waals surface area contributed by atoms with E-state index in [0.29, 0.717) is 4.83 Å². The minimum Gasteiger partial charge on any atom is -0.313 e. The maximum atomic E-state index is 12.8. The highest BCUT2D eigenvalue weighted by Gasteiger charge is 1.99. The first-order chi connectivity index (χ1) is 7.22. The Morgan fingerprint density at radius 3 is 2.93 bits per heavy atom. The fourth-order valence-electron chi connectivity index (χ4n) is 1.34. The molecule has 0 bridgehead atoms. The molecule has 15 heavy (non-hydrogen) atoms. The molecule has 1 aromatic rings. The second-order valence-electron chi connectivity index (χ2n) is 3.60. The molecule has 0 amide bonds. The zero-order valence-corrected chi connectivity index (χ0v) is 10.6. The van der Waals surface area contributed by atoms with Crippen LogP contribution in [0.2, 0.25) is 0 Å². The normalized spacial score (nSPS) is 12.7. The van der Waals surface area contributed by atoms with E-state index >= 15 is 0 Å². The molecule has 1 atom stereocenters. The van der Waals surface area contributed by atoms with Gasteiger partial charge in [0.05, 0.1) is 0 Å². The Balaban J connectivity index is 2.20. The molecule has 0 spiro atoms. The lowest BCUT2D eigenvalue weighted by Crippen LogP contribution is -2.17. The summed E-state index contributed by atoms with van der Waals surface area (Å²) in [6.07, 6.45) is 2.24. The predicted molar refractivity (Wildman–Crippen MR) is 65.7 cm³/mol. The maximum Gasteiger partial charge on any atom is 0.123 e. The van der Waals surface area contributed by atoms with Gasteiger partial charge in [-0.05, 0) is 37.1 Å². The third-order valence-electron chi connectivity index (χ3n) is 2.30. The molecule has 84 valence electrons. The molecule has 1 aromatic carbocycles. The first kappa shape index (κ1) is 12.7. The lowest BCUT2D eigenvalue weighted by molar-refractivity contribution is 0.611. The minimum atomic E-state index is -0.166. The van der Waals surface area contributed by atoms with Crippen LogP contribution in [0.4, 0.5) is 4.39 Å². The molecule has 0 saturated carbocycles. The van der Waals surface area contributed by atoms with Crippen LogP contribution < -0.4 is 5.32 Å². The number of benzene rings is 1. The van der Waals surface area contributed by atoms with Crippen molar-refractivity contribution < 1.29 is 4.39 Å². The van der Waals surface area contributed by atoms with Gasteiger partial charge in [-0.15, -0.1) is 0 Å². The van der Waals surface area contributed by atoms with Crippen molar-refractivity contribution in [2.45, 2.75) is 31.1 Å². The Bertz CT molecular complexity index is 291. The largest absolute Gasteiger partial charge is 0.313 e. The third-order valence-corrected chi connectivity index (χ3v) is 3.40. The van der Waals surface area contributed by atoms with Crippen molar-refractivity contribution in [3.05, 3.63) is 35.6 Å². The van der Waals surface area contributed by atoms with Crippen molar-refractivity contribution in [2.24, 2.45) is 0 Å². The summed E-state index contributed by atoms with van der Waals surface area (Å²) < 4.78 is 12.8. The molecule has 0 heterocycles. The summed E-state index contributed by atoms with van der Waals surface area (Å²) in [7, 11) is 0. The van der Waals surface area contributed by atoms with E-state index in [1.807, 2.05) is 6.07 Å². The van der Waals surface area contributed by atoms with Crippen molar-refractivity contribution in [1.82, 2.24) is 5.32 Å². The molecule has 1 unspecified atom stereocenters. The van der Waals surface area contributed by atoms with E-state index in [4.69, 9.17) is 0 Å². The Kier molecular flexibility index (Phi) is 5.88. The molecule has 0 radical (unpaired) electrons. The van der Waals surface area contributed by atoms with E-state index in [-0.39, 0.29) is 5.82 Å². The molecule has 1 rings (SSSR count). The van der Waals surface area contributed by atoms with Gasteiger partial charge in [-0.1, -0.05) is 35.0 Å². The fourth-order valence-corrected chi connectivity index (χ4v) is 1.57. The topological polar surface area (TPSA) is 12.0 Å². The Morgan fingerprint density at radius 1 is 1.47 bits per heavy atom. The lowest BCUT2D eigenvalue weighted by Gasteiger charge is -2.08. The highest BCUT2D eigenvalue weighted by molar-refractivity contribution is 9.09. The van der Waals surface area contributed by atoms with Crippen molar-refractivity contribution in [3.63, 3.8) is 0 Å². The maximum absolute atomic E-state index is 12.8. The van der Waals surface area contributed by atoms with Gasteiger partial charge < -0.3 is 5.32 Å². The van der Waals surface area contributed by atoms with Gasteiger partial charge in [-0.25, -0.2) is 4.39 Å². The van der Waals surface area contributed by atoms with E-state index in [2.05, 4.69) is 28.2 Å². The van der Waals surface area contributed by atoms with Crippen molar-refractivity contribution >= 4 is 15.9 Å². The highest BCUT2D eigenvalue weighted by atomic mass is 79.9. The summed E-state index contributed by atoms with van der Waals surface area (Å²) in [4.78, 5) is 0.581. The molecule has 1 N–H and O–H groups in total. The van der Waals surface area contributed by atoms with Gasteiger partial charge in [0.25, 0.3) is 0 Å². The molecule has 1 nitrogen and oxygen atoms in total. The number of halogens is 2. The lowest BCUT2D eigenvalue weighted by atomic mass is 10.2. The summed E-state index contributed by atoms with van der Waals surface area (Å²) in [6.45, 7) is 3.85. The van der Waals surface area contributed by atoms with Gasteiger partial charge in [0, 0.05) is 11.4 Å². The average molecular weight is 274 g/mol. The van der Waals surface area contributed by atoms with Crippen LogP contribution in [0, 0.1) is 5.82 Å². The van der Waals surface area contributed by atoms with E-state index in [1.165, 1.54) is 6.07 Å². The molecule has 3 heteroatoms. The van der Waals surface area contributed by atoms with E-state index < -0.39 is 0 Å². The van der Waals surface area contributed by atoms with Gasteiger partial charge in [-0.2, -0.15) is 0 Å². The van der Waals surface area contributed by atoms with E-state index in [1.54, 1.807) is 12.1 Å². The van der Waals surface area contributed by atoms with Crippen LogP contribution in [-0.4, -0.2) is 11.4 Å². The Hall–Kier alpha value is -0.410. The average Bonchev–Trinajstić information content (AvgIpc) is 2.24. The summed E-state index contributed by atoms with van der Waals surface area (Å²) in [5, 5.41) is 3.30. The standard InChI is InChI=1S/C12H17BrFN/c1-2-11(13)6-7-15-9-10-4-3-5-12(14)8-10/h3-5,8,11,15H,2,6-7,9H2,1H3. The zero-order chi connectivity index (χ0) is 11.1. The quantitative estimate of drug-likeness (QED) is 0.618. The molecule has 0 aliphatic heterocycles. The Morgan fingerprint density at radius 2 is 2.27 bits per heavy atom. The first-order valence-corrected chi connectivity index (χ1v) is 6.23. The highest BCUT2D eigenvalue weighted by Crippen LogP contribution is 2.08. The molecular formula is C12H17BrFN.